The van der Waals surface area contributed by atoms with E-state index in [2.05, 4.69) is 20.7 Å². The number of nitrogens with zero attached hydrogens (tertiary/aromatic N) is 3. The number of hydrogen-bond acceptors (Lipinski definition) is 6. The fourth-order valence-corrected chi connectivity index (χ4v) is 2.48. The van der Waals surface area contributed by atoms with Gasteiger partial charge in [-0.1, -0.05) is 5.16 Å². The molecule has 1 aromatic carbocycles. The Morgan fingerprint density at radius 2 is 1.88 bits per heavy atom. The zero-order valence-corrected chi connectivity index (χ0v) is 13.9. The van der Waals surface area contributed by atoms with E-state index in [1.807, 2.05) is 0 Å². The Bertz CT molecular complexity index is 897. The molecule has 2 heterocycles. The molecule has 0 atom stereocenters. The van der Waals surface area contributed by atoms with Gasteiger partial charge in [0.1, 0.15) is 5.75 Å². The van der Waals surface area contributed by atoms with Crippen LogP contribution in [0.4, 0.5) is 19.1 Å². The van der Waals surface area contributed by atoms with Crippen LogP contribution in [0, 0.1) is 13.8 Å². The number of alkyl halides is 3. The third-order valence-corrected chi connectivity index (χ3v) is 3.69. The number of rotatable bonds is 4. The van der Waals surface area contributed by atoms with Gasteiger partial charge in [-0.2, -0.15) is 23.4 Å². The van der Waals surface area contributed by atoms with Gasteiger partial charge >= 0.3 is 6.18 Å². The second-order valence-corrected chi connectivity index (χ2v) is 5.78. The summed E-state index contributed by atoms with van der Waals surface area (Å²) in [7, 11) is 0. The van der Waals surface area contributed by atoms with E-state index in [4.69, 9.17) is 4.52 Å². The molecule has 0 unspecified atom stereocenters. The van der Waals surface area contributed by atoms with E-state index in [0.717, 1.165) is 11.8 Å². The van der Waals surface area contributed by atoms with Gasteiger partial charge in [-0.25, -0.2) is 0 Å². The van der Waals surface area contributed by atoms with Crippen molar-refractivity contribution in [2.24, 2.45) is 0 Å². The molecule has 0 saturated heterocycles. The van der Waals surface area contributed by atoms with Gasteiger partial charge in [0.15, 0.2) is 0 Å². The second-order valence-electron chi connectivity index (χ2n) is 5.78. The van der Waals surface area contributed by atoms with Crippen LogP contribution < -0.4 is 5.32 Å². The van der Waals surface area contributed by atoms with Crippen LogP contribution in [-0.2, 0) is 12.7 Å². The van der Waals surface area contributed by atoms with Gasteiger partial charge in [0.2, 0.25) is 5.88 Å². The summed E-state index contributed by atoms with van der Waals surface area (Å²) < 4.78 is 43.4. The van der Waals surface area contributed by atoms with Crippen LogP contribution in [0.2, 0.25) is 0 Å². The SMILES string of the molecule is Cc1cc(NCc2ccc(-c3c(C)cc(C(F)(F)F)cc3O)nn2)on1. The lowest BCUT2D eigenvalue weighted by molar-refractivity contribution is -0.137. The maximum absolute atomic E-state index is 12.8. The van der Waals surface area contributed by atoms with Gasteiger partial charge in [-0.05, 0) is 43.7 Å². The zero-order valence-electron chi connectivity index (χ0n) is 13.9. The number of hydrogen-bond donors (Lipinski definition) is 2. The number of anilines is 1. The molecule has 0 aliphatic heterocycles. The quantitative estimate of drug-likeness (QED) is 0.726. The first-order valence-corrected chi connectivity index (χ1v) is 7.65. The zero-order chi connectivity index (χ0) is 18.9. The van der Waals surface area contributed by atoms with E-state index >= 15 is 0 Å². The van der Waals surface area contributed by atoms with E-state index in [-0.39, 0.29) is 16.8 Å². The monoisotopic (exact) mass is 364 g/mol. The predicted molar refractivity (Wildman–Crippen MR) is 87.4 cm³/mol. The van der Waals surface area contributed by atoms with Crippen LogP contribution in [0.5, 0.6) is 5.75 Å². The van der Waals surface area contributed by atoms with Gasteiger partial charge < -0.3 is 14.9 Å². The molecule has 0 radical (unpaired) electrons. The average Bonchev–Trinajstić information content (AvgIpc) is 2.98. The molecule has 0 fully saturated rings. The van der Waals surface area contributed by atoms with Crippen molar-refractivity contribution in [2.45, 2.75) is 26.6 Å². The van der Waals surface area contributed by atoms with Crippen molar-refractivity contribution in [3.8, 4) is 17.0 Å². The van der Waals surface area contributed by atoms with Crippen molar-refractivity contribution < 1.29 is 22.8 Å². The summed E-state index contributed by atoms with van der Waals surface area (Å²) in [6.45, 7) is 3.61. The molecule has 0 bridgehead atoms. The summed E-state index contributed by atoms with van der Waals surface area (Å²) in [4.78, 5) is 0. The van der Waals surface area contributed by atoms with Crippen molar-refractivity contribution in [3.63, 3.8) is 0 Å². The molecule has 136 valence electrons. The number of nitrogens with one attached hydrogen (secondary N) is 1. The summed E-state index contributed by atoms with van der Waals surface area (Å²) in [5, 5.41) is 24.8. The van der Waals surface area contributed by atoms with Crippen LogP contribution in [0.1, 0.15) is 22.5 Å². The first kappa shape index (κ1) is 17.7. The van der Waals surface area contributed by atoms with Crippen LogP contribution in [0.25, 0.3) is 11.3 Å². The lowest BCUT2D eigenvalue weighted by atomic mass is 10.0. The molecular formula is C17H15F3N4O2. The van der Waals surface area contributed by atoms with Gasteiger partial charge in [-0.3, -0.25) is 0 Å². The standard InChI is InChI=1S/C17H15F3N4O2/c1-9-5-11(17(18,19)20)7-14(25)16(9)13-4-3-12(22-23-13)8-21-15-6-10(2)24-26-15/h3-7,21,25H,8H2,1-2H3. The Morgan fingerprint density at radius 1 is 1.12 bits per heavy atom. The first-order chi connectivity index (χ1) is 12.2. The molecule has 26 heavy (non-hydrogen) atoms. The lowest BCUT2D eigenvalue weighted by Gasteiger charge is -2.13. The highest BCUT2D eigenvalue weighted by Crippen LogP contribution is 2.38. The summed E-state index contributed by atoms with van der Waals surface area (Å²) in [6.07, 6.45) is -4.53. The minimum atomic E-state index is -4.53. The molecule has 0 amide bonds. The largest absolute Gasteiger partial charge is 0.507 e. The second kappa shape index (κ2) is 6.66. The molecule has 2 aromatic heterocycles. The van der Waals surface area contributed by atoms with Gasteiger partial charge in [-0.15, -0.1) is 0 Å². The molecular weight excluding hydrogens is 349 g/mol. The normalized spacial score (nSPS) is 11.6. The lowest BCUT2D eigenvalue weighted by Crippen LogP contribution is -2.06. The van der Waals surface area contributed by atoms with E-state index in [1.54, 1.807) is 25.1 Å². The average molecular weight is 364 g/mol. The number of phenols is 1. The van der Waals surface area contributed by atoms with Gasteiger partial charge in [0.25, 0.3) is 0 Å². The molecule has 2 N–H and O–H groups in total. The third kappa shape index (κ3) is 3.76. The van der Waals surface area contributed by atoms with Crippen molar-refractivity contribution in [1.29, 1.82) is 0 Å². The number of benzene rings is 1. The number of phenolic OH excluding ortho intramolecular Hbond substituents is 1. The molecule has 9 heteroatoms. The number of aryl methyl sites for hydroxylation is 2. The van der Waals surface area contributed by atoms with Gasteiger partial charge in [0, 0.05) is 11.6 Å². The third-order valence-electron chi connectivity index (χ3n) is 3.69. The molecule has 3 aromatic rings. The highest BCUT2D eigenvalue weighted by Gasteiger charge is 2.32. The number of aromatic nitrogens is 3. The highest BCUT2D eigenvalue weighted by atomic mass is 19.4. The van der Waals surface area contributed by atoms with E-state index in [9.17, 15) is 18.3 Å². The van der Waals surface area contributed by atoms with Crippen LogP contribution >= 0.6 is 0 Å². The fourth-order valence-electron chi connectivity index (χ4n) is 2.48. The summed E-state index contributed by atoms with van der Waals surface area (Å²) in [5.74, 6) is -0.000704. The Morgan fingerprint density at radius 3 is 2.42 bits per heavy atom. The Balaban J connectivity index is 1.80. The maximum atomic E-state index is 12.8. The highest BCUT2D eigenvalue weighted by molar-refractivity contribution is 5.71. The van der Waals surface area contributed by atoms with Gasteiger partial charge in [0.05, 0.1) is 29.2 Å². The van der Waals surface area contributed by atoms with Crippen molar-refractivity contribution >= 4 is 5.88 Å². The van der Waals surface area contributed by atoms with Crippen molar-refractivity contribution in [3.05, 3.63) is 52.8 Å². The van der Waals surface area contributed by atoms with Crippen LogP contribution in [-0.4, -0.2) is 20.5 Å². The maximum Gasteiger partial charge on any atom is 0.416 e. The van der Waals surface area contributed by atoms with E-state index < -0.39 is 17.5 Å². The van der Waals surface area contributed by atoms with E-state index in [1.165, 1.54) is 6.92 Å². The van der Waals surface area contributed by atoms with Crippen LogP contribution in [0.15, 0.2) is 34.9 Å². The Hall–Kier alpha value is -3.10. The van der Waals surface area contributed by atoms with Crippen molar-refractivity contribution in [2.75, 3.05) is 5.32 Å². The predicted octanol–water partition coefficient (Wildman–Crippen LogP) is 4.08. The molecule has 6 nitrogen and oxygen atoms in total. The summed E-state index contributed by atoms with van der Waals surface area (Å²) in [6, 6.07) is 6.63. The Kier molecular flexibility index (Phi) is 4.54. The summed E-state index contributed by atoms with van der Waals surface area (Å²) >= 11 is 0. The van der Waals surface area contributed by atoms with Crippen LogP contribution in [0.3, 0.4) is 0 Å². The minimum Gasteiger partial charge on any atom is -0.507 e. The molecule has 0 aliphatic rings. The fraction of sp³-hybridized carbons (Fsp3) is 0.235. The molecule has 0 saturated carbocycles. The number of halogens is 3. The smallest absolute Gasteiger partial charge is 0.416 e. The molecule has 3 rings (SSSR count). The molecule has 0 spiro atoms. The van der Waals surface area contributed by atoms with E-state index in [0.29, 0.717) is 24.2 Å². The summed E-state index contributed by atoms with van der Waals surface area (Å²) in [5.41, 5.74) is 1.18. The number of aromatic hydroxyl groups is 1. The first-order valence-electron chi connectivity index (χ1n) is 7.65. The topological polar surface area (TPSA) is 84.1 Å². The Labute approximate surface area is 146 Å². The molecule has 0 aliphatic carbocycles. The van der Waals surface area contributed by atoms with Crippen molar-refractivity contribution in [1.82, 2.24) is 15.4 Å². The minimum absolute atomic E-state index is 0.218.